The number of nitrogens with zero attached hydrogens (tertiary/aromatic N) is 2. The van der Waals surface area contributed by atoms with Crippen molar-refractivity contribution in [2.45, 2.75) is 25.9 Å². The molecule has 0 radical (unpaired) electrons. The molecule has 5 nitrogen and oxygen atoms in total. The smallest absolute Gasteiger partial charge is 0.251 e. The molecule has 0 saturated heterocycles. The summed E-state index contributed by atoms with van der Waals surface area (Å²) in [5, 5.41) is 10.4. The van der Waals surface area contributed by atoms with Gasteiger partial charge >= 0.3 is 0 Å². The molecule has 2 heterocycles. The zero-order chi connectivity index (χ0) is 13.9. The minimum atomic E-state index is -0.0284. The van der Waals surface area contributed by atoms with E-state index in [9.17, 15) is 4.79 Å². The Morgan fingerprint density at radius 1 is 1.45 bits per heavy atom. The first kappa shape index (κ1) is 18.3. The topological polar surface area (TPSA) is 59.0 Å². The molecule has 2 N–H and O–H groups in total. The normalized spacial score (nSPS) is 13.1. The summed E-state index contributed by atoms with van der Waals surface area (Å²) in [5.41, 5.74) is 3.09. The maximum absolute atomic E-state index is 12.2. The number of carbonyl (C=O) groups is 1. The fourth-order valence-corrected chi connectivity index (χ4v) is 2.49. The van der Waals surface area contributed by atoms with E-state index in [0.29, 0.717) is 6.54 Å². The number of rotatable bonds is 4. The summed E-state index contributed by atoms with van der Waals surface area (Å²) in [6, 6.07) is 7.74. The van der Waals surface area contributed by atoms with Crippen molar-refractivity contribution in [3.8, 4) is 0 Å². The van der Waals surface area contributed by atoms with Gasteiger partial charge in [0.2, 0.25) is 0 Å². The van der Waals surface area contributed by atoms with Gasteiger partial charge in [0, 0.05) is 36.2 Å². The van der Waals surface area contributed by atoms with Gasteiger partial charge in [-0.15, -0.1) is 24.8 Å². The van der Waals surface area contributed by atoms with Crippen LogP contribution in [-0.2, 0) is 13.0 Å². The number of benzene rings is 1. The molecular formula is C15H20Cl2N4O. The SMILES string of the molecule is CC(Cn1cccn1)NC(=O)c1ccc2c(c1)CCN2.Cl.Cl. The minimum absolute atomic E-state index is 0. The maximum Gasteiger partial charge on any atom is 0.251 e. The van der Waals surface area contributed by atoms with Gasteiger partial charge in [0.15, 0.2) is 0 Å². The largest absolute Gasteiger partial charge is 0.384 e. The van der Waals surface area contributed by atoms with E-state index in [0.717, 1.165) is 24.2 Å². The van der Waals surface area contributed by atoms with Gasteiger partial charge in [0.05, 0.1) is 6.54 Å². The van der Waals surface area contributed by atoms with Crippen molar-refractivity contribution in [3.05, 3.63) is 47.8 Å². The highest BCUT2D eigenvalue weighted by Crippen LogP contribution is 2.22. The van der Waals surface area contributed by atoms with Crippen LogP contribution in [0, 0.1) is 0 Å². The molecule has 3 rings (SSSR count). The van der Waals surface area contributed by atoms with Crippen LogP contribution in [0.2, 0.25) is 0 Å². The molecule has 2 aromatic rings. The molecule has 1 unspecified atom stereocenters. The minimum Gasteiger partial charge on any atom is -0.384 e. The standard InChI is InChI=1S/C15H18N4O.2ClH/c1-11(10-19-8-2-6-17-19)18-15(20)13-3-4-14-12(9-13)5-7-16-14;;/h2-4,6,8-9,11,16H,5,7,10H2,1H3,(H,18,20);2*1H. The first-order valence-electron chi connectivity index (χ1n) is 6.87. The number of halogens is 2. The van der Waals surface area contributed by atoms with Gasteiger partial charge in [-0.25, -0.2) is 0 Å². The third-order valence-corrected chi connectivity index (χ3v) is 3.47. The fourth-order valence-electron chi connectivity index (χ4n) is 2.49. The molecule has 0 bridgehead atoms. The molecule has 1 atom stereocenters. The Morgan fingerprint density at radius 2 is 2.27 bits per heavy atom. The second-order valence-corrected chi connectivity index (χ2v) is 5.15. The average molecular weight is 343 g/mol. The van der Waals surface area contributed by atoms with Gasteiger partial charge in [-0.2, -0.15) is 5.10 Å². The molecule has 120 valence electrons. The number of anilines is 1. The number of hydrogen-bond donors (Lipinski definition) is 2. The zero-order valence-electron chi connectivity index (χ0n) is 12.3. The molecule has 1 aromatic carbocycles. The average Bonchev–Trinajstić information content (AvgIpc) is 3.07. The van der Waals surface area contributed by atoms with Gasteiger partial charge in [-0.1, -0.05) is 0 Å². The summed E-state index contributed by atoms with van der Waals surface area (Å²) < 4.78 is 1.82. The van der Waals surface area contributed by atoms with Crippen LogP contribution >= 0.6 is 24.8 Å². The molecular weight excluding hydrogens is 323 g/mol. The van der Waals surface area contributed by atoms with Crippen LogP contribution in [0.25, 0.3) is 0 Å². The molecule has 0 saturated carbocycles. The van der Waals surface area contributed by atoms with E-state index in [-0.39, 0.29) is 36.8 Å². The number of nitrogens with one attached hydrogen (secondary N) is 2. The Kier molecular flexibility index (Phi) is 6.71. The van der Waals surface area contributed by atoms with E-state index in [4.69, 9.17) is 0 Å². The number of aromatic nitrogens is 2. The van der Waals surface area contributed by atoms with Crippen LogP contribution in [0.1, 0.15) is 22.8 Å². The fraction of sp³-hybridized carbons (Fsp3) is 0.333. The van der Waals surface area contributed by atoms with E-state index in [2.05, 4.69) is 15.7 Å². The number of fused-ring (bicyclic) bond motifs is 1. The Morgan fingerprint density at radius 3 is 3.00 bits per heavy atom. The van der Waals surface area contributed by atoms with Crippen molar-refractivity contribution in [1.82, 2.24) is 15.1 Å². The van der Waals surface area contributed by atoms with Crippen LogP contribution in [0.5, 0.6) is 0 Å². The molecule has 7 heteroatoms. The number of carbonyl (C=O) groups excluding carboxylic acids is 1. The van der Waals surface area contributed by atoms with Gasteiger partial charge < -0.3 is 10.6 Å². The molecule has 1 aromatic heterocycles. The molecule has 0 fully saturated rings. The lowest BCUT2D eigenvalue weighted by Gasteiger charge is -2.14. The lowest BCUT2D eigenvalue weighted by Crippen LogP contribution is -2.35. The van der Waals surface area contributed by atoms with Crippen LogP contribution in [0.15, 0.2) is 36.7 Å². The predicted octanol–water partition coefficient (Wildman–Crippen LogP) is 2.51. The predicted molar refractivity (Wildman–Crippen MR) is 92.3 cm³/mol. The van der Waals surface area contributed by atoms with E-state index in [1.165, 1.54) is 5.56 Å². The lowest BCUT2D eigenvalue weighted by atomic mass is 10.1. The van der Waals surface area contributed by atoms with Crippen molar-refractivity contribution in [2.75, 3.05) is 11.9 Å². The Labute approximate surface area is 142 Å². The molecule has 0 spiro atoms. The van der Waals surface area contributed by atoms with Gasteiger partial charge in [-0.3, -0.25) is 9.48 Å². The van der Waals surface area contributed by atoms with Crippen molar-refractivity contribution in [2.24, 2.45) is 0 Å². The van der Waals surface area contributed by atoms with Crippen molar-refractivity contribution in [3.63, 3.8) is 0 Å². The summed E-state index contributed by atoms with van der Waals surface area (Å²) in [6.45, 7) is 3.61. The van der Waals surface area contributed by atoms with E-state index >= 15 is 0 Å². The highest BCUT2D eigenvalue weighted by Gasteiger charge is 2.15. The van der Waals surface area contributed by atoms with Gasteiger partial charge in [-0.05, 0) is 43.2 Å². The Hall–Kier alpha value is -1.72. The summed E-state index contributed by atoms with van der Waals surface area (Å²) in [6.07, 6.45) is 4.62. The molecule has 0 aliphatic carbocycles. The quantitative estimate of drug-likeness (QED) is 0.897. The monoisotopic (exact) mass is 342 g/mol. The second kappa shape index (κ2) is 8.06. The third kappa shape index (κ3) is 4.15. The highest BCUT2D eigenvalue weighted by atomic mass is 35.5. The summed E-state index contributed by atoms with van der Waals surface area (Å²) >= 11 is 0. The molecule has 1 aliphatic heterocycles. The highest BCUT2D eigenvalue weighted by molar-refractivity contribution is 5.95. The Bertz CT molecular complexity index is 616. The first-order chi connectivity index (χ1) is 9.72. The van der Waals surface area contributed by atoms with Crippen LogP contribution in [-0.4, -0.2) is 28.3 Å². The molecule has 1 aliphatic rings. The van der Waals surface area contributed by atoms with Crippen LogP contribution in [0.3, 0.4) is 0 Å². The van der Waals surface area contributed by atoms with Gasteiger partial charge in [0.1, 0.15) is 0 Å². The summed E-state index contributed by atoms with van der Waals surface area (Å²) in [7, 11) is 0. The third-order valence-electron chi connectivity index (χ3n) is 3.47. The van der Waals surface area contributed by atoms with Crippen LogP contribution < -0.4 is 10.6 Å². The van der Waals surface area contributed by atoms with E-state index in [1.54, 1.807) is 6.20 Å². The zero-order valence-corrected chi connectivity index (χ0v) is 13.9. The number of hydrogen-bond acceptors (Lipinski definition) is 3. The first-order valence-corrected chi connectivity index (χ1v) is 6.87. The van der Waals surface area contributed by atoms with Crippen molar-refractivity contribution < 1.29 is 4.79 Å². The second-order valence-electron chi connectivity index (χ2n) is 5.15. The summed E-state index contributed by atoms with van der Waals surface area (Å²) in [4.78, 5) is 12.2. The number of amides is 1. The van der Waals surface area contributed by atoms with Gasteiger partial charge in [0.25, 0.3) is 5.91 Å². The lowest BCUT2D eigenvalue weighted by molar-refractivity contribution is 0.0936. The van der Waals surface area contributed by atoms with Crippen molar-refractivity contribution >= 4 is 36.4 Å². The molecule has 22 heavy (non-hydrogen) atoms. The van der Waals surface area contributed by atoms with E-state index < -0.39 is 0 Å². The maximum atomic E-state index is 12.2. The van der Waals surface area contributed by atoms with Crippen LogP contribution in [0.4, 0.5) is 5.69 Å². The Balaban J connectivity index is 0.00000121. The summed E-state index contributed by atoms with van der Waals surface area (Å²) in [5.74, 6) is -0.0284. The van der Waals surface area contributed by atoms with E-state index in [1.807, 2.05) is 42.1 Å². The van der Waals surface area contributed by atoms with Crippen molar-refractivity contribution in [1.29, 1.82) is 0 Å². The molecule has 1 amide bonds.